The maximum Gasteiger partial charge on any atom is 0.312 e. The fourth-order valence-corrected chi connectivity index (χ4v) is 1.94. The molecule has 1 aliphatic carbocycles. The van der Waals surface area contributed by atoms with E-state index in [-0.39, 0.29) is 11.9 Å². The van der Waals surface area contributed by atoms with Crippen LogP contribution in [0.4, 0.5) is 0 Å². The van der Waals surface area contributed by atoms with Crippen molar-refractivity contribution in [3.63, 3.8) is 0 Å². The first-order chi connectivity index (χ1) is 7.56. The van der Waals surface area contributed by atoms with E-state index in [0.29, 0.717) is 0 Å². The predicted octanol–water partition coefficient (Wildman–Crippen LogP) is 1.84. The molecule has 16 heavy (non-hydrogen) atoms. The Morgan fingerprint density at radius 2 is 2.12 bits per heavy atom. The van der Waals surface area contributed by atoms with Crippen molar-refractivity contribution in [1.82, 2.24) is 0 Å². The molecule has 4 nitrogen and oxygen atoms in total. The second-order valence-corrected chi connectivity index (χ2v) is 4.01. The molecule has 0 amide bonds. The zero-order chi connectivity index (χ0) is 12.1. The van der Waals surface area contributed by atoms with E-state index >= 15 is 0 Å². The van der Waals surface area contributed by atoms with Crippen LogP contribution in [0.2, 0.25) is 0 Å². The van der Waals surface area contributed by atoms with E-state index in [2.05, 4.69) is 4.74 Å². The minimum absolute atomic E-state index is 0.348. The molecule has 4 heteroatoms. The number of ether oxygens (including phenoxy) is 2. The summed E-state index contributed by atoms with van der Waals surface area (Å²) in [5.74, 6) is -1.16. The van der Waals surface area contributed by atoms with Crippen molar-refractivity contribution in [2.75, 3.05) is 7.11 Å². The van der Waals surface area contributed by atoms with Crippen LogP contribution in [0, 0.1) is 5.92 Å². The molecule has 0 spiro atoms. The first-order valence-electron chi connectivity index (χ1n) is 5.50. The van der Waals surface area contributed by atoms with Gasteiger partial charge in [0, 0.05) is 6.92 Å². The average molecular weight is 226 g/mol. The van der Waals surface area contributed by atoms with E-state index in [9.17, 15) is 9.59 Å². The van der Waals surface area contributed by atoms with Crippen LogP contribution in [0.25, 0.3) is 0 Å². The van der Waals surface area contributed by atoms with Gasteiger partial charge in [-0.05, 0) is 31.8 Å². The molecular formula is C12H18O4. The molecule has 0 N–H and O–H groups in total. The minimum Gasteiger partial charge on any atom is -0.469 e. The van der Waals surface area contributed by atoms with Crippen molar-refractivity contribution in [1.29, 1.82) is 0 Å². The molecule has 0 radical (unpaired) electrons. The Hall–Kier alpha value is -1.32. The van der Waals surface area contributed by atoms with Gasteiger partial charge in [-0.1, -0.05) is 6.08 Å². The molecule has 0 heterocycles. The van der Waals surface area contributed by atoms with Gasteiger partial charge >= 0.3 is 11.9 Å². The number of hydrogen-bond donors (Lipinski definition) is 0. The Kier molecular flexibility index (Phi) is 4.52. The van der Waals surface area contributed by atoms with Gasteiger partial charge in [-0.3, -0.25) is 9.59 Å². The highest BCUT2D eigenvalue weighted by Crippen LogP contribution is 2.27. The van der Waals surface area contributed by atoms with Gasteiger partial charge in [0.15, 0.2) is 0 Å². The smallest absolute Gasteiger partial charge is 0.312 e. The number of rotatable bonds is 4. The summed E-state index contributed by atoms with van der Waals surface area (Å²) < 4.78 is 9.89. The van der Waals surface area contributed by atoms with Crippen molar-refractivity contribution in [3.05, 3.63) is 11.6 Å². The molecule has 0 aromatic heterocycles. The summed E-state index contributed by atoms with van der Waals surface area (Å²) in [5.41, 5.74) is 1.04. The van der Waals surface area contributed by atoms with Crippen LogP contribution in [0.1, 0.15) is 33.1 Å². The van der Waals surface area contributed by atoms with Crippen LogP contribution >= 0.6 is 0 Å². The van der Waals surface area contributed by atoms with Crippen LogP contribution in [-0.2, 0) is 19.1 Å². The van der Waals surface area contributed by atoms with Crippen molar-refractivity contribution < 1.29 is 19.1 Å². The largest absolute Gasteiger partial charge is 0.469 e. The number of esters is 2. The SMILES string of the molecule is COC(=O)C(C)C(OC(C)=O)C1=CCCC1. The van der Waals surface area contributed by atoms with Gasteiger partial charge in [-0.15, -0.1) is 0 Å². The number of hydrogen-bond acceptors (Lipinski definition) is 4. The molecule has 0 aliphatic heterocycles. The molecule has 0 bridgehead atoms. The van der Waals surface area contributed by atoms with Crippen molar-refractivity contribution >= 4 is 11.9 Å². The summed E-state index contributed by atoms with van der Waals surface area (Å²) in [6.07, 6.45) is 4.52. The molecule has 90 valence electrons. The van der Waals surface area contributed by atoms with E-state index in [4.69, 9.17) is 4.74 Å². The molecule has 0 aromatic rings. The molecule has 0 saturated carbocycles. The van der Waals surface area contributed by atoms with Gasteiger partial charge in [0.25, 0.3) is 0 Å². The highest BCUT2D eigenvalue weighted by Gasteiger charge is 2.31. The number of allylic oxidation sites excluding steroid dienone is 1. The van der Waals surface area contributed by atoms with E-state index in [0.717, 1.165) is 24.8 Å². The summed E-state index contributed by atoms with van der Waals surface area (Å²) in [7, 11) is 1.34. The minimum atomic E-state index is -0.465. The second kappa shape index (κ2) is 5.68. The Bertz CT molecular complexity index is 306. The van der Waals surface area contributed by atoms with E-state index in [1.165, 1.54) is 14.0 Å². The fourth-order valence-electron chi connectivity index (χ4n) is 1.94. The van der Waals surface area contributed by atoms with Crippen LogP contribution in [0.5, 0.6) is 0 Å². The Morgan fingerprint density at radius 1 is 1.44 bits per heavy atom. The Labute approximate surface area is 95.6 Å². The van der Waals surface area contributed by atoms with Crippen LogP contribution in [-0.4, -0.2) is 25.2 Å². The monoisotopic (exact) mass is 226 g/mol. The van der Waals surface area contributed by atoms with Crippen LogP contribution in [0.3, 0.4) is 0 Å². The normalized spacial score (nSPS) is 18.6. The molecule has 1 rings (SSSR count). The maximum absolute atomic E-state index is 11.5. The Balaban J connectivity index is 2.77. The lowest BCUT2D eigenvalue weighted by Crippen LogP contribution is -2.32. The zero-order valence-electron chi connectivity index (χ0n) is 9.99. The fraction of sp³-hybridized carbons (Fsp3) is 0.667. The second-order valence-electron chi connectivity index (χ2n) is 4.01. The number of methoxy groups -OCH3 is 1. The van der Waals surface area contributed by atoms with Crippen molar-refractivity contribution in [3.8, 4) is 0 Å². The molecule has 0 aromatic carbocycles. The van der Waals surface area contributed by atoms with Crippen LogP contribution in [0.15, 0.2) is 11.6 Å². The third-order valence-electron chi connectivity index (χ3n) is 2.76. The lowest BCUT2D eigenvalue weighted by atomic mass is 9.96. The third kappa shape index (κ3) is 3.08. The topological polar surface area (TPSA) is 52.6 Å². The standard InChI is InChI=1S/C12H18O4/c1-8(12(14)15-3)11(16-9(2)13)10-6-4-5-7-10/h6,8,11H,4-5,7H2,1-3H3. The van der Waals surface area contributed by atoms with Crippen molar-refractivity contribution in [2.24, 2.45) is 5.92 Å². The van der Waals surface area contributed by atoms with Crippen molar-refractivity contribution in [2.45, 2.75) is 39.2 Å². The van der Waals surface area contributed by atoms with E-state index in [1.807, 2.05) is 6.08 Å². The predicted molar refractivity (Wildman–Crippen MR) is 58.7 cm³/mol. The highest BCUT2D eigenvalue weighted by molar-refractivity contribution is 5.74. The summed E-state index contributed by atoms with van der Waals surface area (Å²) in [6, 6.07) is 0. The first-order valence-corrected chi connectivity index (χ1v) is 5.50. The third-order valence-corrected chi connectivity index (χ3v) is 2.76. The highest BCUT2D eigenvalue weighted by atomic mass is 16.6. The first kappa shape index (κ1) is 12.7. The average Bonchev–Trinajstić information content (AvgIpc) is 2.76. The zero-order valence-corrected chi connectivity index (χ0v) is 9.99. The molecule has 0 fully saturated rings. The molecule has 2 atom stereocenters. The quantitative estimate of drug-likeness (QED) is 0.542. The lowest BCUT2D eigenvalue weighted by molar-refractivity contribution is -0.155. The van der Waals surface area contributed by atoms with E-state index < -0.39 is 12.0 Å². The summed E-state index contributed by atoms with van der Waals surface area (Å²) in [4.78, 5) is 22.5. The molecule has 1 aliphatic rings. The molecule has 0 saturated heterocycles. The maximum atomic E-state index is 11.5. The molecular weight excluding hydrogens is 208 g/mol. The van der Waals surface area contributed by atoms with Gasteiger partial charge in [-0.25, -0.2) is 0 Å². The van der Waals surface area contributed by atoms with Gasteiger partial charge in [-0.2, -0.15) is 0 Å². The van der Waals surface area contributed by atoms with Gasteiger partial charge in [0.2, 0.25) is 0 Å². The number of carbonyl (C=O) groups is 2. The van der Waals surface area contributed by atoms with Crippen LogP contribution < -0.4 is 0 Å². The Morgan fingerprint density at radius 3 is 2.56 bits per heavy atom. The van der Waals surface area contributed by atoms with Gasteiger partial charge < -0.3 is 9.47 Å². The van der Waals surface area contributed by atoms with Gasteiger partial charge in [0.1, 0.15) is 6.10 Å². The lowest BCUT2D eigenvalue weighted by Gasteiger charge is -2.23. The summed E-state index contributed by atoms with van der Waals surface area (Å²) >= 11 is 0. The van der Waals surface area contributed by atoms with Gasteiger partial charge in [0.05, 0.1) is 13.0 Å². The summed E-state index contributed by atoms with van der Waals surface area (Å²) in [5, 5.41) is 0. The molecule has 2 unspecified atom stereocenters. The number of carbonyl (C=O) groups excluding carboxylic acids is 2. The summed E-state index contributed by atoms with van der Waals surface area (Å²) in [6.45, 7) is 3.07. The van der Waals surface area contributed by atoms with E-state index in [1.54, 1.807) is 6.92 Å².